The van der Waals surface area contributed by atoms with Crippen LogP contribution in [0.2, 0.25) is 0 Å². The standard InChI is InChI=1S/C9H19NO4S/c1-15(13,14)7-3-5-8(9(11)12)4-2-6-10/h8H,2-7,10H2,1H3,(H,11,12). The fourth-order valence-electron chi connectivity index (χ4n) is 1.35. The van der Waals surface area contributed by atoms with E-state index >= 15 is 0 Å². The first-order chi connectivity index (χ1) is 6.87. The van der Waals surface area contributed by atoms with Gasteiger partial charge in [0.15, 0.2) is 0 Å². The van der Waals surface area contributed by atoms with Gasteiger partial charge in [0.1, 0.15) is 9.84 Å². The second-order valence-electron chi connectivity index (χ2n) is 3.74. The van der Waals surface area contributed by atoms with E-state index in [4.69, 9.17) is 10.8 Å². The Kier molecular flexibility index (Phi) is 6.51. The van der Waals surface area contributed by atoms with Crippen molar-refractivity contribution in [1.82, 2.24) is 0 Å². The van der Waals surface area contributed by atoms with Crippen LogP contribution in [0.4, 0.5) is 0 Å². The number of hydrogen-bond donors (Lipinski definition) is 2. The second kappa shape index (κ2) is 6.79. The highest BCUT2D eigenvalue weighted by Gasteiger charge is 2.17. The van der Waals surface area contributed by atoms with Crippen molar-refractivity contribution < 1.29 is 18.3 Å². The molecule has 0 saturated heterocycles. The van der Waals surface area contributed by atoms with Gasteiger partial charge in [-0.1, -0.05) is 0 Å². The van der Waals surface area contributed by atoms with Gasteiger partial charge in [0.05, 0.1) is 5.92 Å². The molecule has 0 amide bonds. The van der Waals surface area contributed by atoms with Crippen molar-refractivity contribution in [3.8, 4) is 0 Å². The molecule has 0 heterocycles. The van der Waals surface area contributed by atoms with Gasteiger partial charge in [-0.3, -0.25) is 4.79 Å². The van der Waals surface area contributed by atoms with Crippen LogP contribution in [-0.4, -0.2) is 38.0 Å². The van der Waals surface area contributed by atoms with E-state index in [1.54, 1.807) is 0 Å². The number of carboxylic acid groups (broad SMARTS) is 1. The summed E-state index contributed by atoms with van der Waals surface area (Å²) in [4.78, 5) is 10.8. The molecule has 90 valence electrons. The molecule has 0 aromatic carbocycles. The van der Waals surface area contributed by atoms with Gasteiger partial charge >= 0.3 is 5.97 Å². The lowest BCUT2D eigenvalue weighted by atomic mass is 9.98. The van der Waals surface area contributed by atoms with Crippen molar-refractivity contribution >= 4 is 15.8 Å². The molecule has 0 fully saturated rings. The van der Waals surface area contributed by atoms with Crippen LogP contribution in [0.1, 0.15) is 25.7 Å². The highest BCUT2D eigenvalue weighted by atomic mass is 32.2. The third kappa shape index (κ3) is 8.38. The molecule has 0 bridgehead atoms. The number of nitrogens with two attached hydrogens (primary N) is 1. The average molecular weight is 237 g/mol. The molecule has 15 heavy (non-hydrogen) atoms. The van der Waals surface area contributed by atoms with Gasteiger partial charge < -0.3 is 10.8 Å². The summed E-state index contributed by atoms with van der Waals surface area (Å²) in [7, 11) is -2.98. The molecule has 0 aromatic rings. The van der Waals surface area contributed by atoms with Crippen molar-refractivity contribution in [2.45, 2.75) is 25.7 Å². The predicted molar refractivity (Wildman–Crippen MR) is 58.4 cm³/mol. The second-order valence-corrected chi connectivity index (χ2v) is 6.00. The SMILES string of the molecule is CS(=O)(=O)CCCC(CCCN)C(=O)O. The number of rotatable bonds is 8. The molecular weight excluding hydrogens is 218 g/mol. The predicted octanol–water partition coefficient (Wildman–Crippen LogP) is 0.251. The van der Waals surface area contributed by atoms with Crippen LogP contribution in [0.15, 0.2) is 0 Å². The average Bonchev–Trinajstić information content (AvgIpc) is 2.08. The molecule has 0 rings (SSSR count). The molecule has 5 nitrogen and oxygen atoms in total. The lowest BCUT2D eigenvalue weighted by Gasteiger charge is -2.10. The normalized spacial score (nSPS) is 13.7. The smallest absolute Gasteiger partial charge is 0.306 e. The Morgan fingerprint density at radius 2 is 1.87 bits per heavy atom. The van der Waals surface area contributed by atoms with Gasteiger partial charge in [0.2, 0.25) is 0 Å². The van der Waals surface area contributed by atoms with Crippen molar-refractivity contribution in [1.29, 1.82) is 0 Å². The lowest BCUT2D eigenvalue weighted by Crippen LogP contribution is -2.16. The van der Waals surface area contributed by atoms with E-state index in [-0.39, 0.29) is 5.75 Å². The number of aliphatic carboxylic acids is 1. The quantitative estimate of drug-likeness (QED) is 0.630. The van der Waals surface area contributed by atoms with Gasteiger partial charge in [0.25, 0.3) is 0 Å². The Bertz CT molecular complexity index is 286. The highest BCUT2D eigenvalue weighted by molar-refractivity contribution is 7.90. The minimum Gasteiger partial charge on any atom is -0.481 e. The molecule has 0 aliphatic carbocycles. The van der Waals surface area contributed by atoms with Gasteiger partial charge in [-0.05, 0) is 32.2 Å². The molecule has 0 aliphatic heterocycles. The first-order valence-corrected chi connectivity index (χ1v) is 7.03. The maximum absolute atomic E-state index is 10.8. The molecule has 1 atom stereocenters. The molecule has 0 spiro atoms. The Hall–Kier alpha value is -0.620. The van der Waals surface area contributed by atoms with Crippen LogP contribution in [0.3, 0.4) is 0 Å². The fourth-order valence-corrected chi connectivity index (χ4v) is 2.04. The molecule has 0 aliphatic rings. The summed E-state index contributed by atoms with van der Waals surface area (Å²) < 4.78 is 21.7. The maximum atomic E-state index is 10.8. The van der Waals surface area contributed by atoms with Gasteiger partial charge in [-0.25, -0.2) is 8.42 Å². The molecule has 1 unspecified atom stereocenters. The summed E-state index contributed by atoms with van der Waals surface area (Å²) in [6.07, 6.45) is 3.15. The lowest BCUT2D eigenvalue weighted by molar-refractivity contribution is -0.142. The van der Waals surface area contributed by atoms with Crippen LogP contribution in [0.25, 0.3) is 0 Å². The minimum atomic E-state index is -2.98. The van der Waals surface area contributed by atoms with Crippen LogP contribution in [0, 0.1) is 5.92 Å². The van der Waals surface area contributed by atoms with E-state index in [2.05, 4.69) is 0 Å². The fraction of sp³-hybridized carbons (Fsp3) is 0.889. The Labute approximate surface area is 90.6 Å². The third-order valence-corrected chi connectivity index (χ3v) is 3.20. The Morgan fingerprint density at radius 3 is 2.27 bits per heavy atom. The molecule has 0 saturated carbocycles. The van der Waals surface area contributed by atoms with E-state index in [1.807, 2.05) is 0 Å². The van der Waals surface area contributed by atoms with Crippen LogP contribution < -0.4 is 5.73 Å². The van der Waals surface area contributed by atoms with Crippen molar-refractivity contribution in [2.24, 2.45) is 11.7 Å². The van der Waals surface area contributed by atoms with Crippen molar-refractivity contribution in [2.75, 3.05) is 18.6 Å². The maximum Gasteiger partial charge on any atom is 0.306 e. The molecular formula is C9H19NO4S. The van der Waals surface area contributed by atoms with Gasteiger partial charge in [-0.2, -0.15) is 0 Å². The summed E-state index contributed by atoms with van der Waals surface area (Å²) >= 11 is 0. The van der Waals surface area contributed by atoms with Gasteiger partial charge in [0, 0.05) is 12.0 Å². The molecule has 0 radical (unpaired) electrons. The number of carboxylic acids is 1. The van der Waals surface area contributed by atoms with Crippen LogP contribution >= 0.6 is 0 Å². The van der Waals surface area contributed by atoms with E-state index in [9.17, 15) is 13.2 Å². The molecule has 0 aromatic heterocycles. The zero-order valence-corrected chi connectivity index (χ0v) is 9.79. The summed E-state index contributed by atoms with van der Waals surface area (Å²) in [5.41, 5.74) is 5.29. The van der Waals surface area contributed by atoms with E-state index in [0.717, 1.165) is 6.26 Å². The number of carbonyl (C=O) groups is 1. The number of sulfone groups is 1. The highest BCUT2D eigenvalue weighted by Crippen LogP contribution is 2.14. The number of hydrogen-bond acceptors (Lipinski definition) is 4. The zero-order valence-electron chi connectivity index (χ0n) is 8.98. The first kappa shape index (κ1) is 14.4. The zero-order chi connectivity index (χ0) is 11.9. The summed E-state index contributed by atoms with van der Waals surface area (Å²) in [5.74, 6) is -1.27. The van der Waals surface area contributed by atoms with Crippen LogP contribution in [-0.2, 0) is 14.6 Å². The summed E-state index contributed by atoms with van der Waals surface area (Å²) in [6.45, 7) is 0.468. The first-order valence-electron chi connectivity index (χ1n) is 4.97. The summed E-state index contributed by atoms with van der Waals surface area (Å²) in [6, 6.07) is 0. The minimum absolute atomic E-state index is 0.0550. The monoisotopic (exact) mass is 237 g/mol. The van der Waals surface area contributed by atoms with Gasteiger partial charge in [-0.15, -0.1) is 0 Å². The van der Waals surface area contributed by atoms with Crippen molar-refractivity contribution in [3.05, 3.63) is 0 Å². The third-order valence-electron chi connectivity index (χ3n) is 2.17. The van der Waals surface area contributed by atoms with E-state index in [0.29, 0.717) is 32.2 Å². The van der Waals surface area contributed by atoms with E-state index in [1.165, 1.54) is 0 Å². The molecule has 3 N–H and O–H groups in total. The van der Waals surface area contributed by atoms with Crippen LogP contribution in [0.5, 0.6) is 0 Å². The molecule has 6 heteroatoms. The largest absolute Gasteiger partial charge is 0.481 e. The topological polar surface area (TPSA) is 97.5 Å². The summed E-state index contributed by atoms with van der Waals surface area (Å²) in [5, 5.41) is 8.84. The Balaban J connectivity index is 3.91. The Morgan fingerprint density at radius 1 is 1.33 bits per heavy atom. The van der Waals surface area contributed by atoms with Crippen molar-refractivity contribution in [3.63, 3.8) is 0 Å². The van der Waals surface area contributed by atoms with E-state index < -0.39 is 21.7 Å².